The van der Waals surface area contributed by atoms with Crippen LogP contribution in [0.25, 0.3) is 22.5 Å². The van der Waals surface area contributed by atoms with Crippen molar-refractivity contribution in [3.8, 4) is 22.5 Å². The van der Waals surface area contributed by atoms with Crippen molar-refractivity contribution >= 4 is 16.0 Å². The molecular formula is C37H33F4N2NaO5S. The number of aromatic nitrogens is 1. The Labute approximate surface area is 310 Å². The summed E-state index contributed by atoms with van der Waals surface area (Å²) in [5.41, 5.74) is 3.78. The van der Waals surface area contributed by atoms with Crippen molar-refractivity contribution in [3.05, 3.63) is 136 Å². The molecule has 7 nitrogen and oxygen atoms in total. The zero-order chi connectivity index (χ0) is 35.6. The number of carbonyl (C=O) groups excluding carboxylic acids is 1. The molecule has 50 heavy (non-hydrogen) atoms. The number of hydrogen-bond donors (Lipinski definition) is 1. The summed E-state index contributed by atoms with van der Waals surface area (Å²) in [5, 5.41) is 6.79. The summed E-state index contributed by atoms with van der Waals surface area (Å²) in [6, 6.07) is 25.1. The van der Waals surface area contributed by atoms with Crippen molar-refractivity contribution in [1.82, 2.24) is 10.5 Å². The van der Waals surface area contributed by atoms with Crippen molar-refractivity contribution in [3.63, 3.8) is 0 Å². The fourth-order valence-corrected chi connectivity index (χ4v) is 5.71. The van der Waals surface area contributed by atoms with E-state index in [1.807, 2.05) is 12.1 Å². The number of benzene rings is 4. The molecule has 1 amide bonds. The second-order valence-corrected chi connectivity index (χ2v) is 14.3. The van der Waals surface area contributed by atoms with Crippen LogP contribution < -0.4 is 34.9 Å². The van der Waals surface area contributed by atoms with E-state index in [0.29, 0.717) is 29.0 Å². The van der Waals surface area contributed by atoms with Crippen molar-refractivity contribution in [2.75, 3.05) is 12.3 Å². The standard InChI is InChI=1S/C37H34F4N2O5S.Na/c1-36(2,3)28-13-8-25(9-14-28)31(20-23-4-6-26(7-5-23)35(44)42-18-19-49(45,46)47)33-22-34(48-43-33)27-12-17-32(38)30(21-27)24-10-15-29(16-11-24)37(39,40)41;/h4-17,21-22,31H,18-20H2,1-3H3,(H,42,44)(H,45,46,47);/q;+1/p-1. The first kappa shape index (κ1) is 39.0. The van der Waals surface area contributed by atoms with Gasteiger partial charge in [0.15, 0.2) is 5.76 Å². The molecule has 0 bridgehead atoms. The molecule has 1 N–H and O–H groups in total. The zero-order valence-electron chi connectivity index (χ0n) is 27.8. The minimum Gasteiger partial charge on any atom is -0.748 e. The molecule has 1 heterocycles. The smallest absolute Gasteiger partial charge is 0.748 e. The van der Waals surface area contributed by atoms with E-state index in [9.17, 15) is 35.3 Å². The van der Waals surface area contributed by atoms with Crippen LogP contribution in [0.15, 0.2) is 102 Å². The van der Waals surface area contributed by atoms with Crippen molar-refractivity contribution in [2.45, 2.75) is 44.7 Å². The predicted molar refractivity (Wildman–Crippen MR) is 176 cm³/mol. The maximum Gasteiger partial charge on any atom is 1.00 e. The fraction of sp³-hybridized carbons (Fsp3) is 0.243. The first-order chi connectivity index (χ1) is 23.0. The Balaban J connectivity index is 0.00000562. The van der Waals surface area contributed by atoms with Gasteiger partial charge in [0.2, 0.25) is 0 Å². The normalized spacial score (nSPS) is 12.6. The molecule has 1 aromatic heterocycles. The maximum absolute atomic E-state index is 14.9. The van der Waals surface area contributed by atoms with E-state index >= 15 is 0 Å². The minimum atomic E-state index is -4.51. The van der Waals surface area contributed by atoms with Crippen molar-refractivity contribution in [2.24, 2.45) is 0 Å². The number of rotatable bonds is 10. The van der Waals surface area contributed by atoms with Gasteiger partial charge >= 0.3 is 35.7 Å². The van der Waals surface area contributed by atoms with Gasteiger partial charge in [0.1, 0.15) is 5.82 Å². The molecule has 0 radical (unpaired) electrons. The van der Waals surface area contributed by atoms with Crippen molar-refractivity contribution in [1.29, 1.82) is 0 Å². The molecule has 0 aliphatic carbocycles. The summed E-state index contributed by atoms with van der Waals surface area (Å²) >= 11 is 0. The molecule has 0 aliphatic heterocycles. The van der Waals surface area contributed by atoms with E-state index in [1.165, 1.54) is 30.3 Å². The number of hydrogen-bond acceptors (Lipinski definition) is 6. The molecule has 13 heteroatoms. The molecule has 5 rings (SSSR count). The van der Waals surface area contributed by atoms with Crippen LogP contribution in [-0.2, 0) is 28.1 Å². The third-order valence-corrected chi connectivity index (χ3v) is 8.84. The first-order valence-electron chi connectivity index (χ1n) is 15.3. The van der Waals surface area contributed by atoms with Crippen LogP contribution in [0.2, 0.25) is 0 Å². The third-order valence-electron chi connectivity index (χ3n) is 8.13. The largest absolute Gasteiger partial charge is 1.00 e. The molecule has 0 spiro atoms. The Bertz CT molecular complexity index is 2040. The summed E-state index contributed by atoms with van der Waals surface area (Å²) < 4.78 is 92.4. The number of amides is 1. The molecule has 0 fully saturated rings. The quantitative estimate of drug-likeness (QED) is 0.122. The number of nitrogens with one attached hydrogen (secondary N) is 1. The summed E-state index contributed by atoms with van der Waals surface area (Å²) in [6.45, 7) is 6.04. The van der Waals surface area contributed by atoms with E-state index in [2.05, 4.69) is 43.4 Å². The average Bonchev–Trinajstić information content (AvgIpc) is 3.53. The van der Waals surface area contributed by atoms with Gasteiger partial charge in [-0.15, -0.1) is 0 Å². The Hall–Kier alpha value is -3.81. The van der Waals surface area contributed by atoms with E-state index < -0.39 is 39.3 Å². The first-order valence-corrected chi connectivity index (χ1v) is 16.9. The van der Waals surface area contributed by atoms with E-state index in [4.69, 9.17) is 4.52 Å². The van der Waals surface area contributed by atoms with Crippen molar-refractivity contribution < 1.29 is 69.4 Å². The fourth-order valence-electron chi connectivity index (χ4n) is 5.36. The SMILES string of the molecule is CC(C)(C)c1ccc(C(Cc2ccc(C(=O)NCCS(=O)(=O)[O-])cc2)c2cc(-c3ccc(F)c(-c4ccc(C(F)(F)F)cc4)c3)on2)cc1.[Na+]. The maximum atomic E-state index is 14.9. The number of halogens is 4. The van der Waals surface area contributed by atoms with Gasteiger partial charge in [0, 0.05) is 35.2 Å². The molecular weight excluding hydrogens is 683 g/mol. The van der Waals surface area contributed by atoms with E-state index in [1.54, 1.807) is 30.3 Å². The molecule has 5 aromatic rings. The summed E-state index contributed by atoms with van der Waals surface area (Å²) in [6.07, 6.45) is -4.06. The van der Waals surface area contributed by atoms with Crippen LogP contribution in [0.3, 0.4) is 0 Å². The van der Waals surface area contributed by atoms with Gasteiger partial charge in [-0.25, -0.2) is 12.8 Å². The van der Waals surface area contributed by atoms with Gasteiger partial charge in [-0.2, -0.15) is 13.2 Å². The van der Waals surface area contributed by atoms with Gasteiger partial charge in [-0.3, -0.25) is 4.79 Å². The van der Waals surface area contributed by atoms with Gasteiger partial charge in [-0.05, 0) is 76.6 Å². The van der Waals surface area contributed by atoms with Gasteiger partial charge in [0.25, 0.3) is 5.91 Å². The monoisotopic (exact) mass is 716 g/mol. The second kappa shape index (κ2) is 15.6. The molecule has 0 saturated heterocycles. The molecule has 0 saturated carbocycles. The molecule has 0 aliphatic rings. The van der Waals surface area contributed by atoms with Crippen LogP contribution in [0.4, 0.5) is 17.6 Å². The minimum absolute atomic E-state index is 0. The Kier molecular flexibility index (Phi) is 12.2. The second-order valence-electron chi connectivity index (χ2n) is 12.7. The number of carbonyl (C=O) groups is 1. The van der Waals surface area contributed by atoms with Crippen LogP contribution in [0.1, 0.15) is 65.0 Å². The van der Waals surface area contributed by atoms with Crippen LogP contribution in [0.5, 0.6) is 0 Å². The molecule has 256 valence electrons. The average molecular weight is 717 g/mol. The van der Waals surface area contributed by atoms with Gasteiger partial charge in [-0.1, -0.05) is 74.5 Å². The molecule has 1 atom stereocenters. The van der Waals surface area contributed by atoms with E-state index in [-0.39, 0.29) is 58.6 Å². The van der Waals surface area contributed by atoms with E-state index in [0.717, 1.165) is 28.8 Å². The summed E-state index contributed by atoms with van der Waals surface area (Å²) in [4.78, 5) is 12.4. The van der Waals surface area contributed by atoms with Gasteiger partial charge in [0.05, 0.1) is 27.1 Å². The summed E-state index contributed by atoms with van der Waals surface area (Å²) in [7, 11) is -4.45. The molecule has 1 unspecified atom stereocenters. The zero-order valence-corrected chi connectivity index (χ0v) is 30.7. The Morgan fingerprint density at radius 2 is 1.46 bits per heavy atom. The number of alkyl halides is 3. The third kappa shape index (κ3) is 9.91. The predicted octanol–water partition coefficient (Wildman–Crippen LogP) is 5.12. The van der Waals surface area contributed by atoms with Crippen LogP contribution >= 0.6 is 0 Å². The Morgan fingerprint density at radius 3 is 2.04 bits per heavy atom. The van der Waals surface area contributed by atoms with Crippen LogP contribution in [0, 0.1) is 5.82 Å². The number of nitrogens with zero attached hydrogens (tertiary/aromatic N) is 1. The molecule has 4 aromatic carbocycles. The summed E-state index contributed by atoms with van der Waals surface area (Å²) in [5.74, 6) is -1.79. The van der Waals surface area contributed by atoms with Crippen LogP contribution in [-0.4, -0.2) is 36.3 Å². The Morgan fingerprint density at radius 1 is 0.860 bits per heavy atom. The topological polar surface area (TPSA) is 112 Å². The van der Waals surface area contributed by atoms with Gasteiger partial charge < -0.3 is 14.4 Å².